The van der Waals surface area contributed by atoms with E-state index in [0.29, 0.717) is 25.9 Å². The number of nitrogens with zero attached hydrogens (tertiary/aromatic N) is 2. The van der Waals surface area contributed by atoms with E-state index in [1.165, 1.54) is 10.6 Å². The van der Waals surface area contributed by atoms with Crippen molar-refractivity contribution in [2.45, 2.75) is 39.5 Å². The van der Waals surface area contributed by atoms with Gasteiger partial charge in [0.1, 0.15) is 0 Å². The average molecular weight is 390 g/mol. The molecule has 0 aliphatic carbocycles. The van der Waals surface area contributed by atoms with Crippen molar-refractivity contribution in [3.63, 3.8) is 0 Å². The first-order valence-electron chi connectivity index (χ1n) is 9.33. The third kappa shape index (κ3) is 4.14. The zero-order valence-electron chi connectivity index (χ0n) is 16.3. The summed E-state index contributed by atoms with van der Waals surface area (Å²) in [7, 11) is -3.19. The molecular formula is C20H27N3O3S. The Labute approximate surface area is 161 Å². The number of hydrogen-bond donors (Lipinski definition) is 1. The molecule has 1 amide bonds. The number of hydrogen-bond acceptors (Lipinski definition) is 4. The van der Waals surface area contributed by atoms with Crippen molar-refractivity contribution in [2.24, 2.45) is 5.92 Å². The van der Waals surface area contributed by atoms with Crippen molar-refractivity contribution < 1.29 is 13.2 Å². The summed E-state index contributed by atoms with van der Waals surface area (Å²) < 4.78 is 24.8. The van der Waals surface area contributed by atoms with Gasteiger partial charge in [-0.05, 0) is 31.7 Å². The highest BCUT2D eigenvalue weighted by Crippen LogP contribution is 2.34. The molecular weight excluding hydrogens is 362 g/mol. The van der Waals surface area contributed by atoms with Crippen LogP contribution in [-0.4, -0.2) is 43.0 Å². The van der Waals surface area contributed by atoms with Crippen molar-refractivity contribution in [1.82, 2.24) is 9.29 Å². The fourth-order valence-corrected chi connectivity index (χ4v) is 4.74. The maximum absolute atomic E-state index is 13.0. The summed E-state index contributed by atoms with van der Waals surface area (Å²) in [5, 5.41) is 4.09. The zero-order valence-corrected chi connectivity index (χ0v) is 17.1. The number of pyridine rings is 1. The van der Waals surface area contributed by atoms with Gasteiger partial charge in [0, 0.05) is 35.7 Å². The molecule has 1 aromatic heterocycles. The number of piperidine rings is 1. The molecule has 0 spiro atoms. The van der Waals surface area contributed by atoms with Gasteiger partial charge in [0.05, 0.1) is 17.5 Å². The van der Waals surface area contributed by atoms with E-state index in [0.717, 1.165) is 27.8 Å². The Morgan fingerprint density at radius 3 is 2.44 bits per heavy atom. The van der Waals surface area contributed by atoms with Crippen LogP contribution in [0, 0.1) is 12.8 Å². The summed E-state index contributed by atoms with van der Waals surface area (Å²) in [5.41, 5.74) is 3.67. The normalized spacial score (nSPS) is 16.8. The lowest BCUT2D eigenvalue weighted by Gasteiger charge is -2.30. The highest BCUT2D eigenvalue weighted by molar-refractivity contribution is 7.88. The molecule has 146 valence electrons. The Morgan fingerprint density at radius 1 is 1.22 bits per heavy atom. The quantitative estimate of drug-likeness (QED) is 0.870. The number of carbonyl (C=O) groups excluding carboxylic acids is 1. The molecule has 0 bridgehead atoms. The van der Waals surface area contributed by atoms with Gasteiger partial charge < -0.3 is 5.32 Å². The maximum atomic E-state index is 13.0. The number of nitrogens with one attached hydrogen (secondary N) is 1. The molecule has 0 unspecified atom stereocenters. The summed E-state index contributed by atoms with van der Waals surface area (Å²) in [5.74, 6) is 0.000498. The number of carbonyl (C=O) groups is 1. The first kappa shape index (κ1) is 19.8. The summed E-state index contributed by atoms with van der Waals surface area (Å²) in [6.07, 6.45) is 2.30. The zero-order chi connectivity index (χ0) is 19.8. The minimum atomic E-state index is -3.19. The number of anilines is 1. The molecule has 27 heavy (non-hydrogen) atoms. The van der Waals surface area contributed by atoms with Gasteiger partial charge in [-0.25, -0.2) is 12.7 Å². The van der Waals surface area contributed by atoms with Crippen LogP contribution in [0.1, 0.15) is 43.9 Å². The molecule has 0 atom stereocenters. The summed E-state index contributed by atoms with van der Waals surface area (Å²) in [6, 6.07) is 7.82. The molecule has 1 N–H and O–H groups in total. The number of para-hydroxylation sites is 1. The Kier molecular flexibility index (Phi) is 5.53. The fraction of sp³-hybridized carbons (Fsp3) is 0.500. The van der Waals surface area contributed by atoms with E-state index >= 15 is 0 Å². The van der Waals surface area contributed by atoms with Gasteiger partial charge in [0.2, 0.25) is 15.9 Å². The van der Waals surface area contributed by atoms with Crippen LogP contribution < -0.4 is 5.32 Å². The summed E-state index contributed by atoms with van der Waals surface area (Å²) >= 11 is 0. The second-order valence-corrected chi connectivity index (χ2v) is 9.57. The SMILES string of the molecule is Cc1nc2ccccc2c(NC(=O)C2CCN(S(C)(=O)=O)CC2)c1C(C)C. The molecule has 6 nitrogen and oxygen atoms in total. The van der Waals surface area contributed by atoms with E-state index in [9.17, 15) is 13.2 Å². The molecule has 1 aliphatic rings. The highest BCUT2D eigenvalue weighted by atomic mass is 32.2. The second-order valence-electron chi connectivity index (χ2n) is 7.58. The van der Waals surface area contributed by atoms with Crippen molar-refractivity contribution >= 4 is 32.5 Å². The van der Waals surface area contributed by atoms with Crippen LogP contribution in [0.25, 0.3) is 10.9 Å². The van der Waals surface area contributed by atoms with Gasteiger partial charge in [0.25, 0.3) is 0 Å². The molecule has 3 rings (SSSR count). The molecule has 1 aliphatic heterocycles. The maximum Gasteiger partial charge on any atom is 0.227 e. The van der Waals surface area contributed by atoms with E-state index < -0.39 is 10.0 Å². The number of sulfonamides is 1. The first-order chi connectivity index (χ1) is 12.7. The van der Waals surface area contributed by atoms with Crippen LogP contribution in [0.2, 0.25) is 0 Å². The van der Waals surface area contributed by atoms with Gasteiger partial charge in [-0.2, -0.15) is 0 Å². The molecule has 1 fully saturated rings. The topological polar surface area (TPSA) is 79.4 Å². The highest BCUT2D eigenvalue weighted by Gasteiger charge is 2.30. The monoisotopic (exact) mass is 389 g/mol. The summed E-state index contributed by atoms with van der Waals surface area (Å²) in [6.45, 7) is 6.95. The van der Waals surface area contributed by atoms with E-state index in [1.807, 2.05) is 31.2 Å². The van der Waals surface area contributed by atoms with Crippen LogP contribution in [0.5, 0.6) is 0 Å². The van der Waals surface area contributed by atoms with Gasteiger partial charge in [-0.1, -0.05) is 32.0 Å². The minimum absolute atomic E-state index is 0.0409. The van der Waals surface area contributed by atoms with Crippen LogP contribution in [0.3, 0.4) is 0 Å². The smallest absolute Gasteiger partial charge is 0.227 e. The van der Waals surface area contributed by atoms with Crippen molar-refractivity contribution in [3.05, 3.63) is 35.5 Å². The first-order valence-corrected chi connectivity index (χ1v) is 11.2. The lowest BCUT2D eigenvalue weighted by Crippen LogP contribution is -2.41. The number of benzene rings is 1. The molecule has 7 heteroatoms. The molecule has 2 heterocycles. The van der Waals surface area contributed by atoms with Crippen molar-refractivity contribution in [1.29, 1.82) is 0 Å². The summed E-state index contributed by atoms with van der Waals surface area (Å²) in [4.78, 5) is 17.6. The van der Waals surface area contributed by atoms with E-state index in [-0.39, 0.29) is 17.7 Å². The van der Waals surface area contributed by atoms with Crippen molar-refractivity contribution in [3.8, 4) is 0 Å². The fourth-order valence-electron chi connectivity index (χ4n) is 3.87. The predicted octanol–water partition coefficient (Wildman–Crippen LogP) is 3.28. The third-order valence-corrected chi connectivity index (χ3v) is 6.54. The molecule has 2 aromatic rings. The van der Waals surface area contributed by atoms with E-state index in [4.69, 9.17) is 0 Å². The molecule has 0 saturated carbocycles. The van der Waals surface area contributed by atoms with E-state index in [2.05, 4.69) is 24.1 Å². The number of aryl methyl sites for hydroxylation is 1. The second kappa shape index (κ2) is 7.56. The van der Waals surface area contributed by atoms with E-state index in [1.54, 1.807) is 0 Å². The van der Waals surface area contributed by atoms with Crippen LogP contribution >= 0.6 is 0 Å². The van der Waals surface area contributed by atoms with Gasteiger partial charge in [-0.15, -0.1) is 0 Å². The number of rotatable bonds is 4. The van der Waals surface area contributed by atoms with Crippen molar-refractivity contribution in [2.75, 3.05) is 24.7 Å². The Hall–Kier alpha value is -1.99. The largest absolute Gasteiger partial charge is 0.325 e. The Balaban J connectivity index is 1.88. The predicted molar refractivity (Wildman–Crippen MR) is 108 cm³/mol. The number of aromatic nitrogens is 1. The van der Waals surface area contributed by atoms with Crippen LogP contribution in [0.4, 0.5) is 5.69 Å². The Bertz CT molecular complexity index is 962. The average Bonchev–Trinajstić information content (AvgIpc) is 2.60. The molecule has 1 aromatic carbocycles. The standard InChI is InChI=1S/C20H27N3O3S/c1-13(2)18-14(3)21-17-8-6-5-7-16(17)19(18)22-20(24)15-9-11-23(12-10-15)27(4,25)26/h5-8,13,15H,9-12H2,1-4H3,(H,21,22,24). The van der Waals surface area contributed by atoms with Gasteiger partial charge in [-0.3, -0.25) is 9.78 Å². The third-order valence-electron chi connectivity index (χ3n) is 5.24. The van der Waals surface area contributed by atoms with Gasteiger partial charge >= 0.3 is 0 Å². The lowest BCUT2D eigenvalue weighted by atomic mass is 9.94. The minimum Gasteiger partial charge on any atom is -0.325 e. The number of amides is 1. The van der Waals surface area contributed by atoms with Gasteiger partial charge in [0.15, 0.2) is 0 Å². The van der Waals surface area contributed by atoms with Crippen LogP contribution in [-0.2, 0) is 14.8 Å². The molecule has 1 saturated heterocycles. The molecule has 0 radical (unpaired) electrons. The lowest BCUT2D eigenvalue weighted by molar-refractivity contribution is -0.120. The van der Waals surface area contributed by atoms with Crippen LogP contribution in [0.15, 0.2) is 24.3 Å². The Morgan fingerprint density at radius 2 is 1.85 bits per heavy atom. The number of fused-ring (bicyclic) bond motifs is 1.